The van der Waals surface area contributed by atoms with Crippen molar-refractivity contribution < 1.29 is 4.79 Å². The molecule has 2 saturated carbocycles. The van der Waals surface area contributed by atoms with Gasteiger partial charge in [-0.3, -0.25) is 15.6 Å². The standard InChI is InChI=1S/C21H29N3O/c25-20(11-19-16-6-2-4-8-18(16)23-24-19)22-13-15-12-21(15)10-9-14-5-1-3-7-17(14)21/h1,3,5,7,15-16,18-19,23-24H,2,4,6,8-13H2,(H,22,25). The van der Waals surface area contributed by atoms with Crippen molar-refractivity contribution in [1.29, 1.82) is 0 Å². The minimum atomic E-state index is 0.221. The predicted octanol–water partition coefficient (Wildman–Crippen LogP) is 2.43. The van der Waals surface area contributed by atoms with Gasteiger partial charge in [0.25, 0.3) is 0 Å². The number of aryl methyl sites for hydroxylation is 1. The Balaban J connectivity index is 1.14. The van der Waals surface area contributed by atoms with Crippen molar-refractivity contribution in [2.45, 2.75) is 68.9 Å². The molecule has 1 aliphatic heterocycles. The number of hydrogen-bond acceptors (Lipinski definition) is 3. The van der Waals surface area contributed by atoms with Gasteiger partial charge in [-0.25, -0.2) is 0 Å². The van der Waals surface area contributed by atoms with Crippen molar-refractivity contribution in [2.24, 2.45) is 11.8 Å². The summed E-state index contributed by atoms with van der Waals surface area (Å²) >= 11 is 0. The summed E-state index contributed by atoms with van der Waals surface area (Å²) in [5.41, 5.74) is 10.3. The highest BCUT2D eigenvalue weighted by molar-refractivity contribution is 5.76. The third-order valence-corrected chi connectivity index (χ3v) is 7.37. The zero-order valence-corrected chi connectivity index (χ0v) is 14.9. The van der Waals surface area contributed by atoms with Crippen LogP contribution in [0.3, 0.4) is 0 Å². The van der Waals surface area contributed by atoms with Gasteiger partial charge in [0.1, 0.15) is 0 Å². The first-order chi connectivity index (χ1) is 12.3. The average molecular weight is 339 g/mol. The summed E-state index contributed by atoms with van der Waals surface area (Å²) < 4.78 is 0. The van der Waals surface area contributed by atoms with Gasteiger partial charge in [-0.15, -0.1) is 0 Å². The maximum absolute atomic E-state index is 12.5. The lowest BCUT2D eigenvalue weighted by Gasteiger charge is -2.26. The summed E-state index contributed by atoms with van der Waals surface area (Å²) in [5.74, 6) is 1.49. The van der Waals surface area contributed by atoms with Crippen molar-refractivity contribution in [3.05, 3.63) is 35.4 Å². The van der Waals surface area contributed by atoms with Crippen LogP contribution in [-0.4, -0.2) is 24.5 Å². The van der Waals surface area contributed by atoms with Crippen LogP contribution < -0.4 is 16.2 Å². The van der Waals surface area contributed by atoms with E-state index >= 15 is 0 Å². The third kappa shape index (κ3) is 2.70. The first-order valence-electron chi connectivity index (χ1n) is 10.1. The van der Waals surface area contributed by atoms with E-state index in [1.807, 2.05) is 0 Å². The Morgan fingerprint density at radius 3 is 3.04 bits per heavy atom. The zero-order valence-electron chi connectivity index (χ0n) is 14.9. The largest absolute Gasteiger partial charge is 0.356 e. The highest BCUT2D eigenvalue weighted by Gasteiger charge is 2.57. The second-order valence-electron chi connectivity index (χ2n) is 8.67. The number of hydrazine groups is 1. The van der Waals surface area contributed by atoms with Gasteiger partial charge in [0, 0.05) is 30.5 Å². The molecule has 0 aromatic heterocycles. The molecule has 134 valence electrons. The van der Waals surface area contributed by atoms with Crippen LogP contribution in [0.2, 0.25) is 0 Å². The van der Waals surface area contributed by atoms with E-state index in [0.717, 1.165) is 6.54 Å². The van der Waals surface area contributed by atoms with Crippen molar-refractivity contribution >= 4 is 5.91 Å². The van der Waals surface area contributed by atoms with E-state index in [-0.39, 0.29) is 5.91 Å². The Labute approximate surface area is 150 Å². The minimum Gasteiger partial charge on any atom is -0.356 e. The van der Waals surface area contributed by atoms with Gasteiger partial charge in [0.15, 0.2) is 0 Å². The van der Waals surface area contributed by atoms with Crippen LogP contribution in [0.25, 0.3) is 0 Å². The summed E-state index contributed by atoms with van der Waals surface area (Å²) in [6, 6.07) is 9.79. The van der Waals surface area contributed by atoms with Crippen LogP contribution in [-0.2, 0) is 16.6 Å². The molecule has 0 bridgehead atoms. The first-order valence-corrected chi connectivity index (χ1v) is 10.1. The molecule has 1 spiro atoms. The Hall–Kier alpha value is -1.39. The molecule has 4 nitrogen and oxygen atoms in total. The molecule has 1 aromatic rings. The average Bonchev–Trinajstić information content (AvgIpc) is 3.00. The van der Waals surface area contributed by atoms with Crippen molar-refractivity contribution in [2.75, 3.05) is 6.54 Å². The van der Waals surface area contributed by atoms with Crippen molar-refractivity contribution in [3.63, 3.8) is 0 Å². The molecule has 5 atom stereocenters. The van der Waals surface area contributed by atoms with Crippen LogP contribution in [0.5, 0.6) is 0 Å². The number of nitrogens with one attached hydrogen (secondary N) is 3. The van der Waals surface area contributed by atoms with Gasteiger partial charge in [0.2, 0.25) is 5.91 Å². The summed E-state index contributed by atoms with van der Waals surface area (Å²) in [4.78, 5) is 12.5. The second kappa shape index (κ2) is 6.10. The molecule has 3 aliphatic carbocycles. The molecule has 4 aliphatic rings. The fraction of sp³-hybridized carbons (Fsp3) is 0.667. The predicted molar refractivity (Wildman–Crippen MR) is 98.0 cm³/mol. The van der Waals surface area contributed by atoms with Crippen LogP contribution in [0, 0.1) is 11.8 Å². The van der Waals surface area contributed by atoms with Gasteiger partial charge in [-0.2, -0.15) is 0 Å². The summed E-state index contributed by atoms with van der Waals surface area (Å²) in [7, 11) is 0. The summed E-state index contributed by atoms with van der Waals surface area (Å²) in [5, 5.41) is 3.24. The van der Waals surface area contributed by atoms with E-state index in [1.54, 1.807) is 5.56 Å². The lowest BCUT2D eigenvalue weighted by Crippen LogP contribution is -2.38. The zero-order chi connectivity index (χ0) is 16.9. The summed E-state index contributed by atoms with van der Waals surface area (Å²) in [6.45, 7) is 0.849. The SMILES string of the molecule is O=C(CC1NNC2CCCCC21)NCC1CC12CCc1ccccc12. The Morgan fingerprint density at radius 2 is 2.08 bits per heavy atom. The number of benzene rings is 1. The fourth-order valence-corrected chi connectivity index (χ4v) is 5.85. The van der Waals surface area contributed by atoms with Crippen LogP contribution >= 0.6 is 0 Å². The quantitative estimate of drug-likeness (QED) is 0.790. The molecular formula is C21H29N3O. The molecule has 1 heterocycles. The Kier molecular flexibility index (Phi) is 3.86. The molecule has 5 rings (SSSR count). The highest BCUT2D eigenvalue weighted by Crippen LogP contribution is 2.61. The third-order valence-electron chi connectivity index (χ3n) is 7.37. The van der Waals surface area contributed by atoms with Gasteiger partial charge in [-0.1, -0.05) is 37.1 Å². The molecule has 1 saturated heterocycles. The van der Waals surface area contributed by atoms with E-state index in [2.05, 4.69) is 40.4 Å². The van der Waals surface area contributed by atoms with E-state index < -0.39 is 0 Å². The smallest absolute Gasteiger partial charge is 0.221 e. The van der Waals surface area contributed by atoms with E-state index in [0.29, 0.717) is 35.8 Å². The molecule has 0 radical (unpaired) electrons. The normalized spacial score (nSPS) is 38.4. The lowest BCUT2D eigenvalue weighted by molar-refractivity contribution is -0.121. The molecule has 4 heteroatoms. The van der Waals surface area contributed by atoms with Gasteiger partial charge < -0.3 is 5.32 Å². The maximum atomic E-state index is 12.5. The molecule has 3 fully saturated rings. The molecule has 5 unspecified atom stereocenters. The van der Waals surface area contributed by atoms with Crippen molar-refractivity contribution in [1.82, 2.24) is 16.2 Å². The maximum Gasteiger partial charge on any atom is 0.221 e. The fourth-order valence-electron chi connectivity index (χ4n) is 5.85. The number of fused-ring (bicyclic) bond motifs is 3. The van der Waals surface area contributed by atoms with E-state index in [4.69, 9.17) is 0 Å². The van der Waals surface area contributed by atoms with Gasteiger partial charge in [-0.05, 0) is 55.1 Å². The number of carbonyl (C=O) groups excluding carboxylic acids is 1. The van der Waals surface area contributed by atoms with Crippen LogP contribution in [0.15, 0.2) is 24.3 Å². The number of rotatable bonds is 4. The topological polar surface area (TPSA) is 53.2 Å². The van der Waals surface area contributed by atoms with Gasteiger partial charge >= 0.3 is 0 Å². The van der Waals surface area contributed by atoms with E-state index in [9.17, 15) is 4.79 Å². The lowest BCUT2D eigenvalue weighted by atomic mass is 9.81. The van der Waals surface area contributed by atoms with E-state index in [1.165, 1.54) is 50.5 Å². The molecule has 25 heavy (non-hydrogen) atoms. The first kappa shape index (κ1) is 15.8. The molecule has 1 amide bonds. The Morgan fingerprint density at radius 1 is 1.20 bits per heavy atom. The number of amides is 1. The minimum absolute atomic E-state index is 0.221. The molecular weight excluding hydrogens is 310 g/mol. The summed E-state index contributed by atoms with van der Waals surface area (Å²) in [6.07, 6.45) is 9.48. The highest BCUT2D eigenvalue weighted by atomic mass is 16.1. The van der Waals surface area contributed by atoms with Gasteiger partial charge in [0.05, 0.1) is 0 Å². The Bertz CT molecular complexity index is 675. The van der Waals surface area contributed by atoms with Crippen LogP contribution in [0.4, 0.5) is 0 Å². The van der Waals surface area contributed by atoms with Crippen LogP contribution in [0.1, 0.15) is 56.1 Å². The molecule has 3 N–H and O–H groups in total. The molecule has 1 aromatic carbocycles. The van der Waals surface area contributed by atoms with Crippen molar-refractivity contribution in [3.8, 4) is 0 Å². The number of hydrogen-bond donors (Lipinski definition) is 3. The monoisotopic (exact) mass is 339 g/mol. The number of carbonyl (C=O) groups is 1. The second-order valence-corrected chi connectivity index (χ2v) is 8.67.